The summed E-state index contributed by atoms with van der Waals surface area (Å²) >= 11 is 0. The van der Waals surface area contributed by atoms with Crippen molar-refractivity contribution in [3.63, 3.8) is 0 Å². The van der Waals surface area contributed by atoms with Gasteiger partial charge < -0.3 is 19.7 Å². The molecular weight excluding hydrogens is 320 g/mol. The number of nitrogens with one attached hydrogen (secondary N) is 1. The number of hydrogen-bond donors (Lipinski definition) is 1. The lowest BCUT2D eigenvalue weighted by atomic mass is 9.95. The van der Waals surface area contributed by atoms with E-state index in [1.54, 1.807) is 37.3 Å². The maximum Gasteiger partial charge on any atom is 0.223 e. The quantitative estimate of drug-likeness (QED) is 0.823. The number of hydrogen-bond acceptors (Lipinski definition) is 4. The van der Waals surface area contributed by atoms with E-state index in [0.717, 1.165) is 12.8 Å². The molecule has 6 heteroatoms. The van der Waals surface area contributed by atoms with Crippen molar-refractivity contribution in [1.82, 2.24) is 5.32 Å². The summed E-state index contributed by atoms with van der Waals surface area (Å²) in [6, 6.07) is 5.56. The summed E-state index contributed by atoms with van der Waals surface area (Å²) in [6.07, 6.45) is 5.95. The molecule has 0 saturated heterocycles. The molecule has 0 aromatic heterocycles. The van der Waals surface area contributed by atoms with Gasteiger partial charge in [0.15, 0.2) is 0 Å². The normalized spacial score (nSPS) is 14.7. The number of carbonyl (C=O) groups is 2. The minimum atomic E-state index is -0.142. The molecule has 138 valence electrons. The zero-order chi connectivity index (χ0) is 18.2. The number of benzene rings is 1. The van der Waals surface area contributed by atoms with Crippen LogP contribution >= 0.6 is 0 Å². The Hall–Kier alpha value is -2.24. The van der Waals surface area contributed by atoms with Gasteiger partial charge in [-0.25, -0.2) is 0 Å². The molecule has 1 aliphatic rings. The monoisotopic (exact) mass is 348 g/mol. The molecule has 0 aliphatic heterocycles. The minimum absolute atomic E-state index is 0.0139. The maximum absolute atomic E-state index is 12.2. The molecule has 0 unspecified atom stereocenters. The van der Waals surface area contributed by atoms with Crippen molar-refractivity contribution in [3.8, 4) is 11.5 Å². The van der Waals surface area contributed by atoms with Crippen LogP contribution in [0.2, 0.25) is 0 Å². The average molecular weight is 348 g/mol. The van der Waals surface area contributed by atoms with Crippen LogP contribution in [0.1, 0.15) is 45.4 Å². The van der Waals surface area contributed by atoms with Crippen LogP contribution < -0.4 is 19.7 Å². The van der Waals surface area contributed by atoms with Crippen molar-refractivity contribution in [2.24, 2.45) is 0 Å². The summed E-state index contributed by atoms with van der Waals surface area (Å²) in [7, 11) is 3.13. The lowest BCUT2D eigenvalue weighted by Crippen LogP contribution is -2.39. The Kier molecular flexibility index (Phi) is 7.10. The van der Waals surface area contributed by atoms with E-state index in [4.69, 9.17) is 9.47 Å². The average Bonchev–Trinajstić information content (AvgIpc) is 2.62. The third kappa shape index (κ3) is 5.37. The number of anilines is 1. The highest BCUT2D eigenvalue weighted by Gasteiger charge is 2.20. The van der Waals surface area contributed by atoms with E-state index in [2.05, 4.69) is 5.32 Å². The van der Waals surface area contributed by atoms with Crippen LogP contribution in [0.15, 0.2) is 18.2 Å². The summed E-state index contributed by atoms with van der Waals surface area (Å²) in [5.74, 6) is 1.05. The summed E-state index contributed by atoms with van der Waals surface area (Å²) in [5.41, 5.74) is 0.611. The van der Waals surface area contributed by atoms with Crippen LogP contribution in [0.3, 0.4) is 0 Å². The van der Waals surface area contributed by atoms with Crippen LogP contribution in [0.25, 0.3) is 0 Å². The van der Waals surface area contributed by atoms with Crippen molar-refractivity contribution < 1.29 is 19.1 Å². The largest absolute Gasteiger partial charge is 0.497 e. The molecule has 1 fully saturated rings. The summed E-state index contributed by atoms with van der Waals surface area (Å²) < 4.78 is 10.6. The second-order valence-corrected chi connectivity index (χ2v) is 6.36. The first kappa shape index (κ1) is 19.1. The van der Waals surface area contributed by atoms with E-state index in [9.17, 15) is 9.59 Å². The lowest BCUT2D eigenvalue weighted by Gasteiger charge is -2.25. The number of carbonyl (C=O) groups excluding carboxylic acids is 2. The molecule has 1 saturated carbocycles. The van der Waals surface area contributed by atoms with E-state index in [-0.39, 0.29) is 24.3 Å². The van der Waals surface area contributed by atoms with Gasteiger partial charge >= 0.3 is 0 Å². The van der Waals surface area contributed by atoms with Crippen LogP contribution in [0, 0.1) is 0 Å². The Balaban J connectivity index is 2.03. The zero-order valence-electron chi connectivity index (χ0n) is 15.3. The molecule has 1 aromatic carbocycles. The molecule has 0 atom stereocenters. The predicted molar refractivity (Wildman–Crippen MR) is 97.2 cm³/mol. The van der Waals surface area contributed by atoms with Crippen molar-refractivity contribution >= 4 is 17.5 Å². The predicted octanol–water partition coefficient (Wildman–Crippen LogP) is 2.90. The third-order valence-electron chi connectivity index (χ3n) is 4.59. The number of ether oxygens (including phenoxy) is 2. The van der Waals surface area contributed by atoms with Gasteiger partial charge in [-0.3, -0.25) is 9.59 Å². The molecular formula is C19H28N2O4. The summed E-state index contributed by atoms with van der Waals surface area (Å²) in [5, 5.41) is 3.08. The van der Waals surface area contributed by atoms with Gasteiger partial charge in [-0.1, -0.05) is 19.3 Å². The standard InChI is InChI=1S/C19H28N2O4/c1-14(22)21(17-13-16(24-2)9-10-18(17)25-3)12-11-19(23)20-15-7-5-4-6-8-15/h9-10,13,15H,4-8,11-12H2,1-3H3,(H,20,23). The van der Waals surface area contributed by atoms with Crippen molar-refractivity contribution in [2.45, 2.75) is 51.5 Å². The molecule has 0 heterocycles. The van der Waals surface area contributed by atoms with E-state index in [1.807, 2.05) is 0 Å². The highest BCUT2D eigenvalue weighted by molar-refractivity contribution is 5.94. The topological polar surface area (TPSA) is 67.9 Å². The Morgan fingerprint density at radius 2 is 1.88 bits per heavy atom. The van der Waals surface area contributed by atoms with Crippen LogP contribution in [-0.2, 0) is 9.59 Å². The Morgan fingerprint density at radius 1 is 1.16 bits per heavy atom. The second kappa shape index (κ2) is 9.30. The van der Waals surface area contributed by atoms with Crippen molar-refractivity contribution in [1.29, 1.82) is 0 Å². The first-order chi connectivity index (χ1) is 12.0. The summed E-state index contributed by atoms with van der Waals surface area (Å²) in [4.78, 5) is 25.9. The van der Waals surface area contributed by atoms with Crippen LogP contribution in [-0.4, -0.2) is 38.6 Å². The van der Waals surface area contributed by atoms with Gasteiger partial charge in [-0.15, -0.1) is 0 Å². The van der Waals surface area contributed by atoms with Gasteiger partial charge in [0.25, 0.3) is 0 Å². The van der Waals surface area contributed by atoms with Crippen LogP contribution in [0.4, 0.5) is 5.69 Å². The van der Waals surface area contributed by atoms with E-state index >= 15 is 0 Å². The number of amides is 2. The minimum Gasteiger partial charge on any atom is -0.497 e. The Labute approximate surface area is 149 Å². The fraction of sp³-hybridized carbons (Fsp3) is 0.579. The number of methoxy groups -OCH3 is 2. The molecule has 2 amide bonds. The molecule has 0 bridgehead atoms. The highest BCUT2D eigenvalue weighted by Crippen LogP contribution is 2.32. The molecule has 0 spiro atoms. The third-order valence-corrected chi connectivity index (χ3v) is 4.59. The maximum atomic E-state index is 12.2. The van der Waals surface area contributed by atoms with Crippen molar-refractivity contribution in [2.75, 3.05) is 25.7 Å². The second-order valence-electron chi connectivity index (χ2n) is 6.36. The van der Waals surface area contributed by atoms with Crippen molar-refractivity contribution in [3.05, 3.63) is 18.2 Å². The first-order valence-corrected chi connectivity index (χ1v) is 8.84. The van der Waals surface area contributed by atoms with E-state index in [1.165, 1.54) is 26.2 Å². The summed E-state index contributed by atoms with van der Waals surface area (Å²) in [6.45, 7) is 1.79. The van der Waals surface area contributed by atoms with Gasteiger partial charge in [0.2, 0.25) is 11.8 Å². The molecule has 25 heavy (non-hydrogen) atoms. The van der Waals surface area contributed by atoms with Gasteiger partial charge in [0.1, 0.15) is 11.5 Å². The van der Waals surface area contributed by atoms with E-state index in [0.29, 0.717) is 23.7 Å². The molecule has 1 N–H and O–H groups in total. The zero-order valence-corrected chi connectivity index (χ0v) is 15.3. The molecule has 0 radical (unpaired) electrons. The molecule has 1 aliphatic carbocycles. The van der Waals surface area contributed by atoms with Gasteiger partial charge in [-0.05, 0) is 25.0 Å². The molecule has 1 aromatic rings. The van der Waals surface area contributed by atoms with Crippen LogP contribution in [0.5, 0.6) is 11.5 Å². The van der Waals surface area contributed by atoms with Gasteiger partial charge in [0.05, 0.1) is 19.9 Å². The smallest absolute Gasteiger partial charge is 0.223 e. The lowest BCUT2D eigenvalue weighted by molar-refractivity contribution is -0.121. The molecule has 2 rings (SSSR count). The first-order valence-electron chi connectivity index (χ1n) is 8.84. The number of nitrogens with zero attached hydrogens (tertiary/aromatic N) is 1. The number of rotatable bonds is 7. The fourth-order valence-electron chi connectivity index (χ4n) is 3.22. The Morgan fingerprint density at radius 3 is 2.48 bits per heavy atom. The fourth-order valence-corrected chi connectivity index (χ4v) is 3.22. The SMILES string of the molecule is COc1ccc(OC)c(N(CCC(=O)NC2CCCCC2)C(C)=O)c1. The highest BCUT2D eigenvalue weighted by atomic mass is 16.5. The van der Waals surface area contributed by atoms with Gasteiger partial charge in [-0.2, -0.15) is 0 Å². The Bertz CT molecular complexity index is 597. The van der Waals surface area contributed by atoms with Gasteiger partial charge in [0, 0.05) is 32.0 Å². The van der Waals surface area contributed by atoms with E-state index < -0.39 is 0 Å². The molecule has 6 nitrogen and oxygen atoms in total.